The van der Waals surface area contributed by atoms with E-state index in [1.54, 1.807) is 20.8 Å². The molecule has 144 valence electrons. The summed E-state index contributed by atoms with van der Waals surface area (Å²) in [6.07, 6.45) is -0.583. The first kappa shape index (κ1) is 19.3. The van der Waals surface area contributed by atoms with Crippen molar-refractivity contribution in [2.75, 3.05) is 6.61 Å². The van der Waals surface area contributed by atoms with E-state index in [9.17, 15) is 23.3 Å². The first-order valence-corrected chi connectivity index (χ1v) is 10.0. The lowest BCUT2D eigenvalue weighted by Gasteiger charge is -2.41. The summed E-state index contributed by atoms with van der Waals surface area (Å²) in [4.78, 5) is 24.9. The molecule has 9 nitrogen and oxygen atoms in total. The highest BCUT2D eigenvalue weighted by atomic mass is 32.2. The normalized spacial score (nSPS) is 22.4. The third-order valence-corrected chi connectivity index (χ3v) is 6.42. The van der Waals surface area contributed by atoms with Crippen LogP contribution in [0, 0.1) is 11.3 Å². The van der Waals surface area contributed by atoms with E-state index < -0.39 is 32.9 Å². The van der Waals surface area contributed by atoms with Crippen LogP contribution >= 0.6 is 0 Å². The summed E-state index contributed by atoms with van der Waals surface area (Å²) in [5, 5.41) is 9.48. The van der Waals surface area contributed by atoms with Crippen LogP contribution in [0.1, 0.15) is 20.8 Å². The smallest absolute Gasteiger partial charge is 0.331 e. The molecule has 2 atom stereocenters. The Balaban J connectivity index is 2.19. The van der Waals surface area contributed by atoms with Crippen LogP contribution in [0.4, 0.5) is 0 Å². The van der Waals surface area contributed by atoms with Gasteiger partial charge in [-0.25, -0.2) is 13.2 Å². The summed E-state index contributed by atoms with van der Waals surface area (Å²) in [5.41, 5.74) is -1.95. The number of benzene rings is 1. The molecule has 1 N–H and O–H groups in total. The number of hydrogen-bond acceptors (Lipinski definition) is 6. The Labute approximate surface area is 155 Å². The highest BCUT2D eigenvalue weighted by Gasteiger charge is 2.49. The van der Waals surface area contributed by atoms with E-state index >= 15 is 0 Å². The van der Waals surface area contributed by atoms with Gasteiger partial charge in [-0.15, -0.1) is 0 Å². The van der Waals surface area contributed by atoms with E-state index in [1.807, 2.05) is 6.07 Å². The number of sulfonamides is 1. The number of fused-ring (bicyclic) bond motifs is 1. The Bertz CT molecular complexity index is 1170. The fourth-order valence-corrected chi connectivity index (χ4v) is 4.52. The van der Waals surface area contributed by atoms with Crippen molar-refractivity contribution in [2.45, 2.75) is 50.4 Å². The van der Waals surface area contributed by atoms with Crippen LogP contribution in [-0.4, -0.2) is 35.8 Å². The molecule has 2 heterocycles. The number of nitrogens with zero attached hydrogens (tertiary/aromatic N) is 3. The number of nitriles is 1. The van der Waals surface area contributed by atoms with Crippen molar-refractivity contribution in [3.63, 3.8) is 0 Å². The van der Waals surface area contributed by atoms with Gasteiger partial charge < -0.3 is 4.74 Å². The van der Waals surface area contributed by atoms with Crippen LogP contribution < -0.4 is 16.0 Å². The van der Waals surface area contributed by atoms with Crippen LogP contribution in [0.25, 0.3) is 10.9 Å². The number of aryl methyl sites for hydroxylation is 1. The minimum absolute atomic E-state index is 0.0461. The summed E-state index contributed by atoms with van der Waals surface area (Å²) >= 11 is 0. The van der Waals surface area contributed by atoms with E-state index in [1.165, 1.54) is 22.8 Å². The molecule has 0 radical (unpaired) electrons. The van der Waals surface area contributed by atoms with Gasteiger partial charge >= 0.3 is 5.69 Å². The van der Waals surface area contributed by atoms with Crippen molar-refractivity contribution in [3.8, 4) is 6.07 Å². The third kappa shape index (κ3) is 2.88. The molecule has 1 aromatic carbocycles. The zero-order chi connectivity index (χ0) is 20.0. The Morgan fingerprint density at radius 3 is 2.44 bits per heavy atom. The molecule has 1 aromatic heterocycles. The molecule has 1 aliphatic rings. The van der Waals surface area contributed by atoms with E-state index in [0.29, 0.717) is 12.1 Å². The van der Waals surface area contributed by atoms with Crippen molar-refractivity contribution in [3.05, 3.63) is 39.0 Å². The second-order valence-electron chi connectivity index (χ2n) is 6.40. The highest BCUT2D eigenvalue weighted by molar-refractivity contribution is 7.89. The lowest BCUT2D eigenvalue weighted by molar-refractivity contribution is -0.102. The number of rotatable bonds is 5. The van der Waals surface area contributed by atoms with Crippen LogP contribution in [0.5, 0.6) is 0 Å². The molecule has 10 heteroatoms. The van der Waals surface area contributed by atoms with Crippen molar-refractivity contribution in [2.24, 2.45) is 0 Å². The van der Waals surface area contributed by atoms with E-state index in [2.05, 4.69) is 4.72 Å². The van der Waals surface area contributed by atoms with Crippen LogP contribution in [0.2, 0.25) is 0 Å². The lowest BCUT2D eigenvalue weighted by atomic mass is 9.92. The maximum absolute atomic E-state index is 12.8. The predicted octanol–water partition coefficient (Wildman–Crippen LogP) is 0.162. The first-order chi connectivity index (χ1) is 12.7. The highest BCUT2D eigenvalue weighted by Crippen LogP contribution is 2.27. The van der Waals surface area contributed by atoms with Crippen molar-refractivity contribution < 1.29 is 13.2 Å². The zero-order valence-electron chi connectivity index (χ0n) is 15.2. The molecule has 2 aromatic rings. The first-order valence-electron chi connectivity index (χ1n) is 8.55. The second kappa shape index (κ2) is 6.60. The molecule has 1 fully saturated rings. The summed E-state index contributed by atoms with van der Waals surface area (Å²) in [6.45, 7) is 5.52. The maximum Gasteiger partial charge on any atom is 0.331 e. The monoisotopic (exact) mass is 392 g/mol. The topological polar surface area (TPSA) is 123 Å². The maximum atomic E-state index is 12.8. The van der Waals surface area contributed by atoms with Gasteiger partial charge in [-0.3, -0.25) is 13.9 Å². The predicted molar refractivity (Wildman–Crippen MR) is 97.9 cm³/mol. The third-order valence-electron chi connectivity index (χ3n) is 4.91. The number of hydrogen-bond donors (Lipinski definition) is 1. The molecule has 0 amide bonds. The quantitative estimate of drug-likeness (QED) is 0.773. The average Bonchev–Trinajstić information content (AvgIpc) is 2.65. The standard InChI is InChI=1S/C17H20N4O5S/c1-4-20-14-7-6-12(8-13(14)15(22)21(5-2)16(20)23)27(24,25)19-17(9-18)10-26-11(17)3/h6-8,11,19H,4-5,10H2,1-3H3/t11-,17-/m0/s1. The molecule has 0 aliphatic carbocycles. The van der Waals surface area contributed by atoms with Gasteiger partial charge in [0, 0.05) is 13.1 Å². The van der Waals surface area contributed by atoms with Crippen LogP contribution in [0.3, 0.4) is 0 Å². The number of aromatic nitrogens is 2. The summed E-state index contributed by atoms with van der Waals surface area (Å²) in [5.74, 6) is 0. The molecular weight excluding hydrogens is 372 g/mol. The molecule has 0 saturated carbocycles. The van der Waals surface area contributed by atoms with Crippen LogP contribution in [-0.2, 0) is 27.8 Å². The molecule has 0 unspecified atom stereocenters. The van der Waals surface area contributed by atoms with Gasteiger partial charge in [-0.1, -0.05) is 0 Å². The van der Waals surface area contributed by atoms with Gasteiger partial charge in [0.2, 0.25) is 10.0 Å². The van der Waals surface area contributed by atoms with Gasteiger partial charge in [-0.2, -0.15) is 9.98 Å². The van der Waals surface area contributed by atoms with Crippen LogP contribution in [0.15, 0.2) is 32.7 Å². The van der Waals surface area contributed by atoms with E-state index in [0.717, 1.165) is 4.57 Å². The molecule has 1 aliphatic heterocycles. The summed E-state index contributed by atoms with van der Waals surface area (Å²) in [7, 11) is -4.07. The van der Waals surface area contributed by atoms with Gasteiger partial charge in [0.25, 0.3) is 5.56 Å². The molecule has 0 spiro atoms. The van der Waals surface area contributed by atoms with Crippen molar-refractivity contribution in [1.82, 2.24) is 13.9 Å². The molecule has 1 saturated heterocycles. The SMILES string of the molecule is CCn1c(=O)c2cc(S(=O)(=O)N[C@@]3(C#N)CO[C@H]3C)ccc2n(CC)c1=O. The second-order valence-corrected chi connectivity index (χ2v) is 8.08. The number of nitrogens with one attached hydrogen (secondary N) is 1. The Morgan fingerprint density at radius 2 is 1.96 bits per heavy atom. The molecule has 27 heavy (non-hydrogen) atoms. The fraction of sp³-hybridized carbons (Fsp3) is 0.471. The van der Waals surface area contributed by atoms with Gasteiger partial charge in [0.05, 0.1) is 34.6 Å². The summed E-state index contributed by atoms with van der Waals surface area (Å²) in [6, 6.07) is 5.96. The fourth-order valence-electron chi connectivity index (χ4n) is 3.13. The van der Waals surface area contributed by atoms with E-state index in [4.69, 9.17) is 4.74 Å². The Morgan fingerprint density at radius 1 is 1.30 bits per heavy atom. The minimum atomic E-state index is -4.07. The Kier molecular flexibility index (Phi) is 4.71. The van der Waals surface area contributed by atoms with Gasteiger partial charge in [0.15, 0.2) is 5.54 Å². The minimum Gasteiger partial charge on any atom is -0.372 e. The average molecular weight is 392 g/mol. The summed E-state index contributed by atoms with van der Waals surface area (Å²) < 4.78 is 35.6. The van der Waals surface area contributed by atoms with Gasteiger partial charge in [-0.05, 0) is 39.0 Å². The molecule has 3 rings (SSSR count). The van der Waals surface area contributed by atoms with Crippen molar-refractivity contribution in [1.29, 1.82) is 5.26 Å². The van der Waals surface area contributed by atoms with Crippen molar-refractivity contribution >= 4 is 20.9 Å². The van der Waals surface area contributed by atoms with Gasteiger partial charge in [0.1, 0.15) is 0 Å². The molecule has 0 bridgehead atoms. The lowest BCUT2D eigenvalue weighted by Crippen LogP contribution is -2.66. The Hall–Kier alpha value is -2.48. The largest absolute Gasteiger partial charge is 0.372 e. The molecular formula is C17H20N4O5S. The van der Waals surface area contributed by atoms with E-state index in [-0.39, 0.29) is 23.4 Å². The zero-order valence-corrected chi connectivity index (χ0v) is 16.0. The number of ether oxygens (including phenoxy) is 1.